The Hall–Kier alpha value is -3.67. The number of hydrogen-bond donors (Lipinski definition) is 1. The Morgan fingerprint density at radius 1 is 1.06 bits per heavy atom. The summed E-state index contributed by atoms with van der Waals surface area (Å²) in [7, 11) is 0. The predicted octanol–water partition coefficient (Wildman–Crippen LogP) is 4.01. The van der Waals surface area contributed by atoms with Crippen LogP contribution in [0.3, 0.4) is 0 Å². The first-order valence-electron chi connectivity index (χ1n) is 10.3. The first-order valence-corrected chi connectivity index (χ1v) is 10.3. The fourth-order valence-electron chi connectivity index (χ4n) is 4.07. The van der Waals surface area contributed by atoms with E-state index >= 15 is 0 Å². The zero-order valence-corrected chi connectivity index (χ0v) is 17.7. The van der Waals surface area contributed by atoms with E-state index in [0.29, 0.717) is 25.1 Å². The van der Waals surface area contributed by atoms with E-state index in [1.807, 2.05) is 73.1 Å². The molecule has 31 heavy (non-hydrogen) atoms. The van der Waals surface area contributed by atoms with Crippen molar-refractivity contribution in [3.05, 3.63) is 95.1 Å². The van der Waals surface area contributed by atoms with Crippen LogP contribution in [0.1, 0.15) is 34.7 Å². The zero-order chi connectivity index (χ0) is 22.0. The topological polar surface area (TPSA) is 75.4 Å². The maximum atomic E-state index is 13.1. The van der Waals surface area contributed by atoms with Crippen LogP contribution in [0, 0.1) is 13.8 Å². The number of aliphatic hydroxyl groups excluding tert-OH is 1. The van der Waals surface area contributed by atoms with E-state index in [2.05, 4.69) is 4.98 Å². The van der Waals surface area contributed by atoms with E-state index < -0.39 is 17.7 Å². The minimum absolute atomic E-state index is 0.120. The summed E-state index contributed by atoms with van der Waals surface area (Å²) in [6, 6.07) is 14.5. The molecule has 0 spiro atoms. The van der Waals surface area contributed by atoms with Crippen LogP contribution >= 0.6 is 0 Å². The van der Waals surface area contributed by atoms with Crippen molar-refractivity contribution < 1.29 is 14.7 Å². The summed E-state index contributed by atoms with van der Waals surface area (Å²) in [6.07, 6.45) is 5.96. The summed E-state index contributed by atoms with van der Waals surface area (Å²) in [4.78, 5) is 31.7. The Labute approximate surface area is 181 Å². The first-order chi connectivity index (χ1) is 15.0. The van der Waals surface area contributed by atoms with Gasteiger partial charge in [0.2, 0.25) is 0 Å². The Morgan fingerprint density at radius 3 is 2.55 bits per heavy atom. The SMILES string of the molecule is Cc1ccc(C)c(C(O)=C2C(=O)C(=O)N(CCCn3ccnc3)[C@H]2c2ccccc2)c1. The van der Waals surface area contributed by atoms with Crippen molar-refractivity contribution in [1.82, 2.24) is 14.5 Å². The van der Waals surface area contributed by atoms with Gasteiger partial charge in [-0.05, 0) is 37.5 Å². The van der Waals surface area contributed by atoms with Crippen LogP contribution < -0.4 is 0 Å². The lowest BCUT2D eigenvalue weighted by Crippen LogP contribution is -2.31. The molecule has 0 bridgehead atoms. The van der Waals surface area contributed by atoms with Gasteiger partial charge in [0.1, 0.15) is 5.76 Å². The predicted molar refractivity (Wildman–Crippen MR) is 118 cm³/mol. The van der Waals surface area contributed by atoms with Crippen LogP contribution in [0.15, 0.2) is 72.8 Å². The highest BCUT2D eigenvalue weighted by Gasteiger charge is 2.45. The second-order valence-corrected chi connectivity index (χ2v) is 7.88. The van der Waals surface area contributed by atoms with E-state index in [9.17, 15) is 14.7 Å². The van der Waals surface area contributed by atoms with Gasteiger partial charge in [0, 0.05) is 31.0 Å². The molecule has 2 aromatic carbocycles. The van der Waals surface area contributed by atoms with Gasteiger partial charge >= 0.3 is 0 Å². The molecule has 1 aliphatic heterocycles. The van der Waals surface area contributed by atoms with Crippen molar-refractivity contribution in [3.63, 3.8) is 0 Å². The van der Waals surface area contributed by atoms with Crippen LogP contribution in [0.5, 0.6) is 0 Å². The highest BCUT2D eigenvalue weighted by molar-refractivity contribution is 6.46. The van der Waals surface area contributed by atoms with Gasteiger partial charge in [-0.25, -0.2) is 4.98 Å². The summed E-state index contributed by atoms with van der Waals surface area (Å²) < 4.78 is 1.93. The highest BCUT2D eigenvalue weighted by Crippen LogP contribution is 2.39. The van der Waals surface area contributed by atoms with E-state index in [1.165, 1.54) is 0 Å². The first kappa shape index (κ1) is 20.6. The van der Waals surface area contributed by atoms with Crippen molar-refractivity contribution in [3.8, 4) is 0 Å². The number of nitrogens with zero attached hydrogens (tertiary/aromatic N) is 3. The Kier molecular flexibility index (Phi) is 5.71. The Morgan fingerprint density at radius 2 is 1.84 bits per heavy atom. The molecule has 3 aromatic rings. The standard InChI is InChI=1S/C25H25N3O3/c1-17-9-10-18(2)20(15-17)23(29)21-22(19-7-4-3-5-8-19)28(25(31)24(21)30)13-6-12-27-14-11-26-16-27/h3-5,7-11,14-16,22,29H,6,12-13H2,1-2H3/t22-/m0/s1. The number of rotatable bonds is 6. The molecule has 1 aromatic heterocycles. The lowest BCUT2D eigenvalue weighted by atomic mass is 9.93. The molecule has 1 N–H and O–H groups in total. The molecular formula is C25H25N3O3. The molecule has 0 radical (unpaired) electrons. The molecule has 1 atom stereocenters. The van der Waals surface area contributed by atoms with E-state index in [4.69, 9.17) is 0 Å². The average Bonchev–Trinajstić information content (AvgIpc) is 3.38. The van der Waals surface area contributed by atoms with Crippen molar-refractivity contribution in [2.24, 2.45) is 0 Å². The number of benzene rings is 2. The maximum Gasteiger partial charge on any atom is 0.295 e. The molecule has 0 aliphatic carbocycles. The van der Waals surface area contributed by atoms with Gasteiger partial charge in [0.05, 0.1) is 17.9 Å². The van der Waals surface area contributed by atoms with Crippen LogP contribution in [-0.2, 0) is 16.1 Å². The van der Waals surface area contributed by atoms with Gasteiger partial charge in [-0.3, -0.25) is 9.59 Å². The summed E-state index contributed by atoms with van der Waals surface area (Å²) in [5.74, 6) is -1.34. The van der Waals surface area contributed by atoms with Gasteiger partial charge in [-0.2, -0.15) is 0 Å². The Balaban J connectivity index is 1.75. The summed E-state index contributed by atoms with van der Waals surface area (Å²) >= 11 is 0. The van der Waals surface area contributed by atoms with Crippen molar-refractivity contribution in [2.45, 2.75) is 32.9 Å². The maximum absolute atomic E-state index is 13.1. The smallest absolute Gasteiger partial charge is 0.295 e. The normalized spacial score (nSPS) is 18.0. The second kappa shape index (κ2) is 8.60. The van der Waals surface area contributed by atoms with Crippen molar-refractivity contribution >= 4 is 17.4 Å². The third kappa shape index (κ3) is 4.01. The van der Waals surface area contributed by atoms with E-state index in [1.54, 1.807) is 17.4 Å². The molecule has 4 rings (SSSR count). The number of carbonyl (C=O) groups excluding carboxylic acids is 2. The summed E-state index contributed by atoms with van der Waals surface area (Å²) in [5, 5.41) is 11.2. The zero-order valence-electron chi connectivity index (χ0n) is 17.7. The lowest BCUT2D eigenvalue weighted by Gasteiger charge is -2.25. The van der Waals surface area contributed by atoms with E-state index in [-0.39, 0.29) is 11.3 Å². The fraction of sp³-hybridized carbons (Fsp3) is 0.240. The number of hydrogen-bond acceptors (Lipinski definition) is 4. The van der Waals surface area contributed by atoms with Crippen LogP contribution in [0.2, 0.25) is 0 Å². The van der Waals surface area contributed by atoms with Crippen molar-refractivity contribution in [1.29, 1.82) is 0 Å². The largest absolute Gasteiger partial charge is 0.507 e. The quantitative estimate of drug-likeness (QED) is 0.375. The van der Waals surface area contributed by atoms with E-state index in [0.717, 1.165) is 16.7 Å². The molecule has 6 heteroatoms. The number of aliphatic hydroxyl groups is 1. The minimum Gasteiger partial charge on any atom is -0.507 e. The number of ketones is 1. The van der Waals surface area contributed by atoms with Crippen LogP contribution in [0.4, 0.5) is 0 Å². The molecule has 0 saturated carbocycles. The number of imidazole rings is 1. The number of likely N-dealkylation sites (tertiary alicyclic amines) is 1. The molecule has 1 amide bonds. The average molecular weight is 415 g/mol. The number of aryl methyl sites for hydroxylation is 3. The van der Waals surface area contributed by atoms with Crippen LogP contribution in [0.25, 0.3) is 5.76 Å². The number of carbonyl (C=O) groups is 2. The molecular weight excluding hydrogens is 390 g/mol. The molecule has 1 aliphatic rings. The second-order valence-electron chi connectivity index (χ2n) is 7.88. The number of aromatic nitrogens is 2. The highest BCUT2D eigenvalue weighted by atomic mass is 16.3. The third-order valence-corrected chi connectivity index (χ3v) is 5.68. The molecule has 1 fully saturated rings. The monoisotopic (exact) mass is 415 g/mol. The van der Waals surface area contributed by atoms with Gasteiger partial charge in [0.15, 0.2) is 0 Å². The van der Waals surface area contributed by atoms with Gasteiger partial charge in [0.25, 0.3) is 11.7 Å². The minimum atomic E-state index is -0.644. The van der Waals surface area contributed by atoms with Gasteiger partial charge < -0.3 is 14.6 Å². The Bertz CT molecular complexity index is 1130. The molecule has 2 heterocycles. The van der Waals surface area contributed by atoms with Gasteiger partial charge in [-0.1, -0.05) is 48.0 Å². The summed E-state index contributed by atoms with van der Waals surface area (Å²) in [5.41, 5.74) is 3.35. The summed E-state index contributed by atoms with van der Waals surface area (Å²) in [6.45, 7) is 4.89. The van der Waals surface area contributed by atoms with Crippen molar-refractivity contribution in [2.75, 3.05) is 6.54 Å². The molecule has 6 nitrogen and oxygen atoms in total. The number of Topliss-reactive ketones (excluding diaryl/α,β-unsaturated/α-hetero) is 1. The van der Waals surface area contributed by atoms with Gasteiger partial charge in [-0.15, -0.1) is 0 Å². The fourth-order valence-corrected chi connectivity index (χ4v) is 4.07. The number of amides is 1. The molecule has 1 saturated heterocycles. The molecule has 158 valence electrons. The third-order valence-electron chi connectivity index (χ3n) is 5.68. The molecule has 0 unspecified atom stereocenters. The van der Waals surface area contributed by atoms with Crippen LogP contribution in [-0.4, -0.2) is 37.8 Å². The lowest BCUT2D eigenvalue weighted by molar-refractivity contribution is -0.139.